The van der Waals surface area contributed by atoms with E-state index in [9.17, 15) is 9.59 Å². The van der Waals surface area contributed by atoms with Crippen molar-refractivity contribution >= 4 is 11.8 Å². The van der Waals surface area contributed by atoms with Crippen LogP contribution >= 0.6 is 0 Å². The predicted molar refractivity (Wildman–Crippen MR) is 107 cm³/mol. The summed E-state index contributed by atoms with van der Waals surface area (Å²) < 4.78 is 5.24. The summed E-state index contributed by atoms with van der Waals surface area (Å²) in [7, 11) is 1.63. The molecule has 152 valence electrons. The second-order valence-corrected chi connectivity index (χ2v) is 8.43. The van der Waals surface area contributed by atoms with Crippen LogP contribution in [0.2, 0.25) is 0 Å². The normalized spacial score (nSPS) is 27.4. The van der Waals surface area contributed by atoms with E-state index in [1.165, 1.54) is 6.42 Å². The van der Waals surface area contributed by atoms with Gasteiger partial charge >= 0.3 is 0 Å². The number of hydrogen-bond donors (Lipinski definition) is 1. The standard InChI is InChI=1S/C22H31N3O3/c1-28-19-7-4-5-17(13-19)14-20(26)24-9-11-25(12-10-24)21(27)22-8-3-2-6-18(22)15-23-16-22/h4-5,7,13,18,23H,2-3,6,8-12,14-16H2,1H3/t18-,22+/m0/s1. The largest absolute Gasteiger partial charge is 0.497 e. The smallest absolute Gasteiger partial charge is 0.230 e. The molecule has 2 heterocycles. The molecule has 6 heteroatoms. The Morgan fingerprint density at radius 2 is 1.96 bits per heavy atom. The lowest BCUT2D eigenvalue weighted by molar-refractivity contribution is -0.149. The summed E-state index contributed by atoms with van der Waals surface area (Å²) in [5, 5.41) is 3.47. The van der Waals surface area contributed by atoms with Crippen molar-refractivity contribution in [2.45, 2.75) is 32.1 Å². The van der Waals surface area contributed by atoms with Crippen LogP contribution in [0.25, 0.3) is 0 Å². The lowest BCUT2D eigenvalue weighted by Crippen LogP contribution is -2.56. The van der Waals surface area contributed by atoms with Crippen molar-refractivity contribution in [1.82, 2.24) is 15.1 Å². The summed E-state index contributed by atoms with van der Waals surface area (Å²) in [5.74, 6) is 1.70. The summed E-state index contributed by atoms with van der Waals surface area (Å²) >= 11 is 0. The highest BCUT2D eigenvalue weighted by atomic mass is 16.5. The molecular formula is C22H31N3O3. The lowest BCUT2D eigenvalue weighted by Gasteiger charge is -2.43. The van der Waals surface area contributed by atoms with E-state index in [4.69, 9.17) is 4.74 Å². The van der Waals surface area contributed by atoms with Crippen molar-refractivity contribution in [2.24, 2.45) is 11.3 Å². The Morgan fingerprint density at radius 1 is 1.18 bits per heavy atom. The van der Waals surface area contributed by atoms with E-state index in [1.54, 1.807) is 7.11 Å². The number of piperazine rings is 1. The minimum atomic E-state index is -0.189. The number of nitrogens with zero attached hydrogens (tertiary/aromatic N) is 2. The molecule has 0 bridgehead atoms. The van der Waals surface area contributed by atoms with Gasteiger partial charge in [0.25, 0.3) is 0 Å². The number of carbonyl (C=O) groups excluding carboxylic acids is 2. The number of hydrogen-bond acceptors (Lipinski definition) is 4. The summed E-state index contributed by atoms with van der Waals surface area (Å²) in [5.41, 5.74) is 0.772. The minimum Gasteiger partial charge on any atom is -0.497 e. The Hall–Kier alpha value is -2.08. The van der Waals surface area contributed by atoms with E-state index in [2.05, 4.69) is 5.32 Å². The van der Waals surface area contributed by atoms with Gasteiger partial charge in [-0.05, 0) is 43.0 Å². The monoisotopic (exact) mass is 385 g/mol. The zero-order chi connectivity index (χ0) is 19.6. The van der Waals surface area contributed by atoms with Crippen LogP contribution in [0.4, 0.5) is 0 Å². The molecule has 2 saturated heterocycles. The van der Waals surface area contributed by atoms with Gasteiger partial charge < -0.3 is 19.9 Å². The molecule has 0 unspecified atom stereocenters. The predicted octanol–water partition coefficient (Wildman–Crippen LogP) is 1.69. The first-order chi connectivity index (χ1) is 13.6. The van der Waals surface area contributed by atoms with Gasteiger partial charge in [0.1, 0.15) is 5.75 Å². The number of methoxy groups -OCH3 is 1. The quantitative estimate of drug-likeness (QED) is 0.857. The van der Waals surface area contributed by atoms with Crippen LogP contribution in [0, 0.1) is 11.3 Å². The SMILES string of the molecule is COc1cccc(CC(=O)N2CCN(C(=O)[C@@]34CCCC[C@H]3CNC4)CC2)c1. The first-order valence-electron chi connectivity index (χ1n) is 10.5. The molecule has 2 aliphatic heterocycles. The van der Waals surface area contributed by atoms with Gasteiger partial charge in [-0.1, -0.05) is 25.0 Å². The molecule has 2 atom stereocenters. The van der Waals surface area contributed by atoms with Crippen molar-refractivity contribution in [3.63, 3.8) is 0 Å². The molecule has 4 rings (SSSR count). The summed E-state index contributed by atoms with van der Waals surface area (Å²) in [6.45, 7) is 4.36. The average molecular weight is 386 g/mol. The van der Waals surface area contributed by atoms with Gasteiger partial charge in [0.2, 0.25) is 11.8 Å². The van der Waals surface area contributed by atoms with Crippen LogP contribution in [0.5, 0.6) is 5.75 Å². The third-order valence-electron chi connectivity index (χ3n) is 6.87. The second kappa shape index (κ2) is 8.11. The zero-order valence-corrected chi connectivity index (χ0v) is 16.8. The molecule has 0 spiro atoms. The molecule has 0 radical (unpaired) electrons. The van der Waals surface area contributed by atoms with Crippen LogP contribution in [0.1, 0.15) is 31.2 Å². The van der Waals surface area contributed by atoms with Gasteiger partial charge in [-0.2, -0.15) is 0 Å². The molecule has 3 fully saturated rings. The fourth-order valence-corrected chi connectivity index (χ4v) is 5.21. The molecule has 1 aliphatic carbocycles. The topological polar surface area (TPSA) is 61.9 Å². The number of fused-ring (bicyclic) bond motifs is 1. The lowest BCUT2D eigenvalue weighted by atomic mass is 9.67. The molecule has 1 aromatic carbocycles. The molecule has 28 heavy (non-hydrogen) atoms. The third-order valence-corrected chi connectivity index (χ3v) is 6.87. The highest BCUT2D eigenvalue weighted by Gasteiger charge is 2.51. The number of nitrogens with one attached hydrogen (secondary N) is 1. The van der Waals surface area contributed by atoms with Crippen molar-refractivity contribution in [1.29, 1.82) is 0 Å². The van der Waals surface area contributed by atoms with Crippen molar-refractivity contribution in [3.8, 4) is 5.75 Å². The molecule has 6 nitrogen and oxygen atoms in total. The molecular weight excluding hydrogens is 354 g/mol. The Balaban J connectivity index is 1.34. The first kappa shape index (κ1) is 19.2. The van der Waals surface area contributed by atoms with Gasteiger partial charge in [-0.3, -0.25) is 9.59 Å². The first-order valence-corrected chi connectivity index (χ1v) is 10.5. The van der Waals surface area contributed by atoms with Crippen LogP contribution in [0.15, 0.2) is 24.3 Å². The molecule has 3 aliphatic rings. The zero-order valence-electron chi connectivity index (χ0n) is 16.8. The van der Waals surface area contributed by atoms with E-state index >= 15 is 0 Å². The summed E-state index contributed by atoms with van der Waals surface area (Å²) in [6.07, 6.45) is 4.95. The number of carbonyl (C=O) groups is 2. The number of amides is 2. The summed E-state index contributed by atoms with van der Waals surface area (Å²) in [6, 6.07) is 7.66. The van der Waals surface area contributed by atoms with Crippen LogP contribution in [0.3, 0.4) is 0 Å². The molecule has 1 saturated carbocycles. The maximum Gasteiger partial charge on any atom is 0.230 e. The minimum absolute atomic E-state index is 0.122. The van der Waals surface area contributed by atoms with Gasteiger partial charge in [0.05, 0.1) is 18.9 Å². The highest BCUT2D eigenvalue weighted by Crippen LogP contribution is 2.45. The number of rotatable bonds is 4. The highest BCUT2D eigenvalue weighted by molar-refractivity contribution is 5.85. The van der Waals surface area contributed by atoms with Crippen LogP contribution in [-0.2, 0) is 16.0 Å². The van der Waals surface area contributed by atoms with Gasteiger partial charge in [-0.25, -0.2) is 0 Å². The molecule has 1 N–H and O–H groups in total. The van der Waals surface area contributed by atoms with E-state index < -0.39 is 0 Å². The Labute approximate surface area is 167 Å². The number of ether oxygens (including phenoxy) is 1. The third kappa shape index (κ3) is 3.62. The Morgan fingerprint density at radius 3 is 2.75 bits per heavy atom. The van der Waals surface area contributed by atoms with Gasteiger partial charge in [-0.15, -0.1) is 0 Å². The maximum atomic E-state index is 13.4. The van der Waals surface area contributed by atoms with E-state index in [0.717, 1.165) is 43.7 Å². The summed E-state index contributed by atoms with van der Waals surface area (Å²) in [4.78, 5) is 30.0. The van der Waals surface area contributed by atoms with Gasteiger partial charge in [0.15, 0.2) is 0 Å². The van der Waals surface area contributed by atoms with E-state index in [-0.39, 0.29) is 11.3 Å². The molecule has 2 amide bonds. The Bertz CT molecular complexity index is 729. The fraction of sp³-hybridized carbons (Fsp3) is 0.636. The van der Waals surface area contributed by atoms with Crippen molar-refractivity contribution < 1.29 is 14.3 Å². The van der Waals surface area contributed by atoms with Crippen LogP contribution < -0.4 is 10.1 Å². The van der Waals surface area contributed by atoms with Crippen molar-refractivity contribution in [3.05, 3.63) is 29.8 Å². The maximum absolute atomic E-state index is 13.4. The second-order valence-electron chi connectivity index (χ2n) is 8.43. The van der Waals surface area contributed by atoms with E-state index in [1.807, 2.05) is 34.1 Å². The van der Waals surface area contributed by atoms with E-state index in [0.29, 0.717) is 44.4 Å². The average Bonchev–Trinajstić information content (AvgIpc) is 3.18. The van der Waals surface area contributed by atoms with Gasteiger partial charge in [0, 0.05) is 32.7 Å². The van der Waals surface area contributed by atoms with Crippen molar-refractivity contribution in [2.75, 3.05) is 46.4 Å². The molecule has 0 aromatic heterocycles. The Kier molecular flexibility index (Phi) is 5.58. The number of benzene rings is 1. The molecule has 1 aromatic rings. The fourth-order valence-electron chi connectivity index (χ4n) is 5.21. The van der Waals surface area contributed by atoms with Crippen LogP contribution in [-0.4, -0.2) is 68.0 Å².